The molecule has 0 unspecified atom stereocenters. The maximum absolute atomic E-state index is 12.4. The first-order chi connectivity index (χ1) is 9.05. The van der Waals surface area contributed by atoms with Crippen molar-refractivity contribution in [2.75, 3.05) is 7.11 Å². The van der Waals surface area contributed by atoms with Crippen molar-refractivity contribution in [3.05, 3.63) is 24.2 Å². The number of carbonyl (C=O) groups is 1. The summed E-state index contributed by atoms with van der Waals surface area (Å²) >= 11 is 0. The quantitative estimate of drug-likeness (QED) is 0.788. The lowest BCUT2D eigenvalue weighted by molar-refractivity contribution is -0.158. The molecule has 2 heterocycles. The predicted molar refractivity (Wildman–Crippen MR) is 69.8 cm³/mol. The SMILES string of the molecule is CC[C@@]1(c2ccco2)N=C(OC)[C@H](C(C)C)OC1=O. The number of methoxy groups -OCH3 is 1. The van der Waals surface area contributed by atoms with Crippen molar-refractivity contribution in [2.24, 2.45) is 10.9 Å². The molecule has 1 aromatic rings. The largest absolute Gasteiger partial charge is 0.482 e. The van der Waals surface area contributed by atoms with Crippen molar-refractivity contribution in [2.45, 2.75) is 38.8 Å². The molecular weight excluding hydrogens is 246 g/mol. The number of rotatable bonds is 3. The molecule has 0 spiro atoms. The van der Waals surface area contributed by atoms with Gasteiger partial charge in [-0.05, 0) is 24.5 Å². The first-order valence-corrected chi connectivity index (χ1v) is 6.44. The van der Waals surface area contributed by atoms with Gasteiger partial charge in [-0.1, -0.05) is 20.8 Å². The summed E-state index contributed by atoms with van der Waals surface area (Å²) in [4.78, 5) is 16.9. The van der Waals surface area contributed by atoms with E-state index in [-0.39, 0.29) is 11.9 Å². The van der Waals surface area contributed by atoms with Crippen molar-refractivity contribution in [1.29, 1.82) is 0 Å². The van der Waals surface area contributed by atoms with Crippen molar-refractivity contribution in [3.8, 4) is 0 Å². The molecule has 0 aromatic carbocycles. The monoisotopic (exact) mass is 265 g/mol. The Bertz CT molecular complexity index is 478. The number of carbonyl (C=O) groups excluding carboxylic acids is 1. The molecule has 0 saturated carbocycles. The molecule has 19 heavy (non-hydrogen) atoms. The number of hydrogen-bond donors (Lipinski definition) is 0. The molecule has 0 amide bonds. The topological polar surface area (TPSA) is 61.0 Å². The van der Waals surface area contributed by atoms with Gasteiger partial charge in [-0.15, -0.1) is 0 Å². The minimum atomic E-state index is -1.12. The van der Waals surface area contributed by atoms with Crippen molar-refractivity contribution < 1.29 is 18.7 Å². The van der Waals surface area contributed by atoms with Crippen LogP contribution in [0.2, 0.25) is 0 Å². The van der Waals surface area contributed by atoms with Crippen LogP contribution in [0.25, 0.3) is 0 Å². The third-order valence-electron chi connectivity index (χ3n) is 3.37. The molecule has 0 bridgehead atoms. The minimum absolute atomic E-state index is 0.106. The maximum atomic E-state index is 12.4. The Morgan fingerprint density at radius 1 is 1.53 bits per heavy atom. The Morgan fingerprint density at radius 2 is 2.26 bits per heavy atom. The third kappa shape index (κ3) is 2.13. The zero-order chi connectivity index (χ0) is 14.0. The first-order valence-electron chi connectivity index (χ1n) is 6.44. The van der Waals surface area contributed by atoms with Crippen LogP contribution in [0.3, 0.4) is 0 Å². The van der Waals surface area contributed by atoms with Crippen molar-refractivity contribution in [3.63, 3.8) is 0 Å². The maximum Gasteiger partial charge on any atom is 0.342 e. The van der Waals surface area contributed by atoms with Crippen LogP contribution in [-0.4, -0.2) is 25.1 Å². The Balaban J connectivity index is 2.51. The molecule has 5 heteroatoms. The van der Waals surface area contributed by atoms with Gasteiger partial charge in [0.15, 0.2) is 6.10 Å². The number of furan rings is 1. The normalized spacial score (nSPS) is 27.1. The molecule has 1 aromatic heterocycles. The van der Waals surface area contributed by atoms with Crippen molar-refractivity contribution in [1.82, 2.24) is 0 Å². The van der Waals surface area contributed by atoms with Crippen LogP contribution in [0, 0.1) is 5.92 Å². The zero-order valence-electron chi connectivity index (χ0n) is 11.7. The van der Waals surface area contributed by atoms with E-state index < -0.39 is 11.6 Å². The van der Waals surface area contributed by atoms with Gasteiger partial charge in [-0.2, -0.15) is 0 Å². The molecule has 1 aliphatic rings. The second-order valence-corrected chi connectivity index (χ2v) is 4.92. The number of nitrogens with zero attached hydrogens (tertiary/aromatic N) is 1. The fourth-order valence-electron chi connectivity index (χ4n) is 2.21. The molecule has 5 nitrogen and oxygen atoms in total. The van der Waals surface area contributed by atoms with E-state index in [2.05, 4.69) is 4.99 Å². The van der Waals surface area contributed by atoms with Gasteiger partial charge in [-0.25, -0.2) is 9.79 Å². The molecule has 0 N–H and O–H groups in total. The van der Waals surface area contributed by atoms with E-state index in [0.717, 1.165) is 0 Å². The highest BCUT2D eigenvalue weighted by Crippen LogP contribution is 2.36. The molecular formula is C14H19NO4. The van der Waals surface area contributed by atoms with Gasteiger partial charge < -0.3 is 13.9 Å². The van der Waals surface area contributed by atoms with Gasteiger partial charge >= 0.3 is 5.97 Å². The van der Waals surface area contributed by atoms with E-state index in [1.165, 1.54) is 13.4 Å². The molecule has 2 rings (SSSR count). The predicted octanol–water partition coefficient (Wildman–Crippen LogP) is 2.51. The summed E-state index contributed by atoms with van der Waals surface area (Å²) < 4.78 is 16.2. The summed E-state index contributed by atoms with van der Waals surface area (Å²) in [6.07, 6.45) is 1.54. The fraction of sp³-hybridized carbons (Fsp3) is 0.571. The van der Waals surface area contributed by atoms with Gasteiger partial charge in [-0.3, -0.25) is 0 Å². The molecule has 1 aliphatic heterocycles. The lowest BCUT2D eigenvalue weighted by Gasteiger charge is -2.34. The Hall–Kier alpha value is -1.78. The highest BCUT2D eigenvalue weighted by atomic mass is 16.6. The number of aliphatic imine (C=N–C) groups is 1. The minimum Gasteiger partial charge on any atom is -0.482 e. The summed E-state index contributed by atoms with van der Waals surface area (Å²) in [6.45, 7) is 5.78. The average molecular weight is 265 g/mol. The van der Waals surface area contributed by atoms with E-state index in [1.807, 2.05) is 20.8 Å². The van der Waals surface area contributed by atoms with Crippen LogP contribution in [0.15, 0.2) is 27.8 Å². The second kappa shape index (κ2) is 5.07. The molecule has 0 fully saturated rings. The number of cyclic esters (lactones) is 1. The average Bonchev–Trinajstić information content (AvgIpc) is 2.93. The Morgan fingerprint density at radius 3 is 2.74 bits per heavy atom. The van der Waals surface area contributed by atoms with Crippen molar-refractivity contribution >= 4 is 11.9 Å². The second-order valence-electron chi connectivity index (χ2n) is 4.92. The van der Waals surface area contributed by atoms with E-state index in [9.17, 15) is 4.79 Å². The summed E-state index contributed by atoms with van der Waals surface area (Å²) in [5.41, 5.74) is -1.12. The smallest absolute Gasteiger partial charge is 0.342 e. The van der Waals surface area contributed by atoms with Crippen LogP contribution < -0.4 is 0 Å². The Labute approximate surface area is 112 Å². The lowest BCUT2D eigenvalue weighted by atomic mass is 9.91. The van der Waals surface area contributed by atoms with Gasteiger partial charge in [0.25, 0.3) is 0 Å². The van der Waals surface area contributed by atoms with Crippen LogP contribution in [0.1, 0.15) is 33.0 Å². The fourth-order valence-corrected chi connectivity index (χ4v) is 2.21. The molecule has 0 aliphatic carbocycles. The number of esters is 1. The summed E-state index contributed by atoms with van der Waals surface area (Å²) in [6, 6.07) is 3.47. The van der Waals surface area contributed by atoms with Crippen LogP contribution in [0.5, 0.6) is 0 Å². The van der Waals surface area contributed by atoms with E-state index >= 15 is 0 Å². The third-order valence-corrected chi connectivity index (χ3v) is 3.37. The van der Waals surface area contributed by atoms with Gasteiger partial charge in [0.1, 0.15) is 5.76 Å². The zero-order valence-corrected chi connectivity index (χ0v) is 11.7. The van der Waals surface area contributed by atoms with Crippen LogP contribution in [-0.2, 0) is 19.8 Å². The lowest BCUT2D eigenvalue weighted by Crippen LogP contribution is -2.48. The van der Waals surface area contributed by atoms with E-state index in [1.54, 1.807) is 12.1 Å². The van der Waals surface area contributed by atoms with Gasteiger partial charge in [0, 0.05) is 0 Å². The molecule has 0 radical (unpaired) electrons. The molecule has 0 saturated heterocycles. The first kappa shape index (κ1) is 13.6. The molecule has 104 valence electrons. The standard InChI is InChI=1S/C14H19NO4/c1-5-14(10-7-6-8-18-10)13(16)19-11(9(2)3)12(15-14)17-4/h6-9,11H,5H2,1-4H3/t11-,14-/m0/s1. The highest BCUT2D eigenvalue weighted by Gasteiger charge is 2.49. The van der Waals surface area contributed by atoms with Crippen LogP contribution in [0.4, 0.5) is 0 Å². The van der Waals surface area contributed by atoms with Gasteiger partial charge in [0.2, 0.25) is 11.4 Å². The molecule has 2 atom stereocenters. The number of ether oxygens (including phenoxy) is 2. The summed E-state index contributed by atoms with van der Waals surface area (Å²) in [7, 11) is 1.54. The van der Waals surface area contributed by atoms with E-state index in [4.69, 9.17) is 13.9 Å². The summed E-state index contributed by atoms with van der Waals surface area (Å²) in [5, 5.41) is 0. The highest BCUT2D eigenvalue weighted by molar-refractivity contribution is 5.94. The van der Waals surface area contributed by atoms with E-state index in [0.29, 0.717) is 18.1 Å². The van der Waals surface area contributed by atoms with Crippen LogP contribution >= 0.6 is 0 Å². The Kier molecular flexibility index (Phi) is 3.64. The van der Waals surface area contributed by atoms with Gasteiger partial charge in [0.05, 0.1) is 13.4 Å². The number of hydrogen-bond acceptors (Lipinski definition) is 5. The summed E-state index contributed by atoms with van der Waals surface area (Å²) in [5.74, 6) is 0.642.